The zero-order valence-electron chi connectivity index (χ0n) is 14.8. The van der Waals surface area contributed by atoms with Crippen LogP contribution in [0.15, 0.2) is 60.7 Å². The molecule has 0 saturated heterocycles. The van der Waals surface area contributed by atoms with Crippen molar-refractivity contribution in [3.8, 4) is 0 Å². The number of sulfonamides is 1. The number of thiophene rings is 2. The lowest BCUT2D eigenvalue weighted by Crippen LogP contribution is -2.34. The lowest BCUT2D eigenvalue weighted by atomic mass is 10.2. The number of carbonyl (C=O) groups excluding carboxylic acids is 1. The van der Waals surface area contributed by atoms with E-state index in [2.05, 4.69) is 22.2 Å². The molecule has 0 aliphatic heterocycles. The van der Waals surface area contributed by atoms with Gasteiger partial charge in [-0.15, -0.1) is 22.7 Å². The van der Waals surface area contributed by atoms with Gasteiger partial charge in [0.1, 0.15) is 0 Å². The molecule has 2 aromatic carbocycles. The molecule has 0 aliphatic carbocycles. The number of benzene rings is 2. The van der Waals surface area contributed by atoms with Crippen molar-refractivity contribution in [1.82, 2.24) is 10.0 Å². The molecule has 0 bridgehead atoms. The topological polar surface area (TPSA) is 75.3 Å². The summed E-state index contributed by atoms with van der Waals surface area (Å²) in [5.74, 6) is -0.399. The van der Waals surface area contributed by atoms with E-state index in [-0.39, 0.29) is 24.7 Å². The Kier molecular flexibility index (Phi) is 5.45. The largest absolute Gasteiger partial charge is 0.350 e. The number of carbonyl (C=O) groups is 1. The van der Waals surface area contributed by atoms with Gasteiger partial charge in [-0.1, -0.05) is 48.5 Å². The van der Waals surface area contributed by atoms with Gasteiger partial charge in [-0.05, 0) is 17.7 Å². The summed E-state index contributed by atoms with van der Waals surface area (Å²) in [4.78, 5) is 13.0. The van der Waals surface area contributed by atoms with Gasteiger partial charge in [0, 0.05) is 27.9 Å². The van der Waals surface area contributed by atoms with Crippen LogP contribution in [0.25, 0.3) is 19.5 Å². The Morgan fingerprint density at radius 2 is 1.68 bits per heavy atom. The fourth-order valence-corrected chi connectivity index (χ4v) is 6.20. The van der Waals surface area contributed by atoms with E-state index in [1.807, 2.05) is 48.5 Å². The molecular formula is C20H18N2O3S3. The SMILES string of the molecule is O=C(NCCS(=O)(=O)NCc1ccccc1)c1cc2sc3ccccc3c2s1. The molecule has 0 saturated carbocycles. The first-order valence-electron chi connectivity index (χ1n) is 8.72. The van der Waals surface area contributed by atoms with Gasteiger partial charge in [-0.25, -0.2) is 13.1 Å². The Morgan fingerprint density at radius 1 is 0.929 bits per heavy atom. The fourth-order valence-electron chi connectivity index (χ4n) is 2.86. The summed E-state index contributed by atoms with van der Waals surface area (Å²) in [5, 5.41) is 3.86. The van der Waals surface area contributed by atoms with Gasteiger partial charge >= 0.3 is 0 Å². The first kappa shape index (κ1) is 19.1. The van der Waals surface area contributed by atoms with E-state index in [9.17, 15) is 13.2 Å². The van der Waals surface area contributed by atoms with E-state index >= 15 is 0 Å². The first-order valence-corrected chi connectivity index (χ1v) is 12.0. The van der Waals surface area contributed by atoms with Gasteiger partial charge in [-0.2, -0.15) is 0 Å². The minimum Gasteiger partial charge on any atom is -0.350 e. The molecule has 0 aliphatic rings. The Hall–Kier alpha value is -2.26. The van der Waals surface area contributed by atoms with E-state index in [0.29, 0.717) is 4.88 Å². The smallest absolute Gasteiger partial charge is 0.261 e. The summed E-state index contributed by atoms with van der Waals surface area (Å²) >= 11 is 3.10. The second kappa shape index (κ2) is 8.00. The van der Waals surface area contributed by atoms with Crippen LogP contribution in [0.2, 0.25) is 0 Å². The highest BCUT2D eigenvalue weighted by atomic mass is 32.2. The zero-order valence-corrected chi connectivity index (χ0v) is 17.3. The van der Waals surface area contributed by atoms with Crippen LogP contribution in [0.4, 0.5) is 0 Å². The highest BCUT2D eigenvalue weighted by molar-refractivity contribution is 7.89. The Morgan fingerprint density at radius 3 is 2.50 bits per heavy atom. The van der Waals surface area contributed by atoms with E-state index in [0.717, 1.165) is 20.3 Å². The van der Waals surface area contributed by atoms with Crippen LogP contribution in [0.5, 0.6) is 0 Å². The monoisotopic (exact) mass is 430 g/mol. The first-order chi connectivity index (χ1) is 13.5. The number of amides is 1. The molecule has 0 radical (unpaired) electrons. The second-order valence-corrected chi connectivity index (χ2v) is 10.3. The minimum atomic E-state index is -3.46. The number of fused-ring (bicyclic) bond motifs is 3. The number of hydrogen-bond donors (Lipinski definition) is 2. The van der Waals surface area contributed by atoms with Crippen LogP contribution in [0.1, 0.15) is 15.2 Å². The van der Waals surface area contributed by atoms with Crippen molar-refractivity contribution >= 4 is 58.1 Å². The molecule has 2 heterocycles. The molecule has 8 heteroatoms. The molecule has 0 fully saturated rings. The number of rotatable bonds is 7. The summed E-state index contributed by atoms with van der Waals surface area (Å²) in [5.41, 5.74) is 0.890. The van der Waals surface area contributed by atoms with E-state index in [1.165, 1.54) is 16.0 Å². The highest BCUT2D eigenvalue weighted by Gasteiger charge is 2.15. The Labute approximate surface area is 171 Å². The van der Waals surface area contributed by atoms with E-state index in [1.54, 1.807) is 11.3 Å². The standard InChI is InChI=1S/C20H18N2O3S3/c23-20(18-12-17-19(27-18)15-8-4-5-9-16(15)26-17)21-10-11-28(24,25)22-13-14-6-2-1-3-7-14/h1-9,12,22H,10-11,13H2,(H,21,23). The Bertz CT molecular complexity index is 1230. The molecule has 28 heavy (non-hydrogen) atoms. The van der Waals surface area contributed by atoms with Gasteiger partial charge in [0.05, 0.1) is 15.3 Å². The Balaban J connectivity index is 1.34. The van der Waals surface area contributed by atoms with Crippen LogP contribution in [-0.2, 0) is 16.6 Å². The summed E-state index contributed by atoms with van der Waals surface area (Å²) in [6, 6.07) is 19.3. The molecule has 4 rings (SSSR count). The zero-order chi connectivity index (χ0) is 19.6. The van der Waals surface area contributed by atoms with E-state index < -0.39 is 10.0 Å². The maximum atomic E-state index is 12.4. The lowest BCUT2D eigenvalue weighted by molar-refractivity contribution is 0.0960. The van der Waals surface area contributed by atoms with Crippen LogP contribution in [0.3, 0.4) is 0 Å². The van der Waals surface area contributed by atoms with Crippen LogP contribution >= 0.6 is 22.7 Å². The number of hydrogen-bond acceptors (Lipinski definition) is 5. The second-order valence-electron chi connectivity index (χ2n) is 6.28. The van der Waals surface area contributed by atoms with Gasteiger partial charge in [0.2, 0.25) is 10.0 Å². The maximum absolute atomic E-state index is 12.4. The maximum Gasteiger partial charge on any atom is 0.261 e. The summed E-state index contributed by atoms with van der Waals surface area (Å²) in [7, 11) is -3.46. The molecule has 144 valence electrons. The quantitative estimate of drug-likeness (QED) is 0.466. The predicted octanol–water partition coefficient (Wildman–Crippen LogP) is 3.97. The minimum absolute atomic E-state index is 0.0647. The average Bonchev–Trinajstić information content (AvgIpc) is 3.25. The lowest BCUT2D eigenvalue weighted by Gasteiger charge is -2.07. The van der Waals surface area contributed by atoms with Gasteiger partial charge in [0.25, 0.3) is 5.91 Å². The molecular weight excluding hydrogens is 412 g/mol. The van der Waals surface area contributed by atoms with Crippen molar-refractivity contribution < 1.29 is 13.2 Å². The van der Waals surface area contributed by atoms with Crippen molar-refractivity contribution in [3.05, 3.63) is 71.1 Å². The molecule has 2 N–H and O–H groups in total. The predicted molar refractivity (Wildman–Crippen MR) is 117 cm³/mol. The van der Waals surface area contributed by atoms with Crippen molar-refractivity contribution in [2.75, 3.05) is 12.3 Å². The molecule has 2 aromatic heterocycles. The van der Waals surface area contributed by atoms with Crippen LogP contribution in [-0.4, -0.2) is 26.6 Å². The van der Waals surface area contributed by atoms with E-state index in [4.69, 9.17) is 0 Å². The molecule has 4 aromatic rings. The summed E-state index contributed by atoms with van der Waals surface area (Å²) < 4.78 is 30.1. The van der Waals surface area contributed by atoms with Crippen molar-refractivity contribution in [1.29, 1.82) is 0 Å². The van der Waals surface area contributed by atoms with Crippen molar-refractivity contribution in [3.63, 3.8) is 0 Å². The molecule has 0 atom stereocenters. The van der Waals surface area contributed by atoms with Crippen LogP contribution in [0, 0.1) is 0 Å². The third-order valence-corrected chi connectivity index (χ3v) is 8.01. The average molecular weight is 431 g/mol. The molecule has 5 nitrogen and oxygen atoms in total. The summed E-state index contributed by atoms with van der Waals surface area (Å²) in [6.45, 7) is 0.306. The normalized spacial score (nSPS) is 11.9. The molecule has 1 amide bonds. The fraction of sp³-hybridized carbons (Fsp3) is 0.150. The van der Waals surface area contributed by atoms with Gasteiger partial charge in [0.15, 0.2) is 0 Å². The van der Waals surface area contributed by atoms with Gasteiger partial charge in [-0.3, -0.25) is 4.79 Å². The number of nitrogens with one attached hydrogen (secondary N) is 2. The molecule has 0 spiro atoms. The summed E-state index contributed by atoms with van der Waals surface area (Å²) in [6.07, 6.45) is 0. The highest BCUT2D eigenvalue weighted by Crippen LogP contribution is 2.39. The third-order valence-electron chi connectivity index (χ3n) is 4.27. The van der Waals surface area contributed by atoms with Gasteiger partial charge < -0.3 is 5.32 Å². The van der Waals surface area contributed by atoms with Crippen molar-refractivity contribution in [2.45, 2.75) is 6.54 Å². The third kappa shape index (κ3) is 4.25. The van der Waals surface area contributed by atoms with Crippen molar-refractivity contribution in [2.24, 2.45) is 0 Å². The molecule has 0 unspecified atom stereocenters. The van der Waals surface area contributed by atoms with Crippen LogP contribution < -0.4 is 10.0 Å².